The smallest absolute Gasteiger partial charge is 0.334 e. The van der Waals surface area contributed by atoms with Crippen LogP contribution in [-0.4, -0.2) is 16.8 Å². The molecule has 0 aliphatic carbocycles. The summed E-state index contributed by atoms with van der Waals surface area (Å²) in [6, 6.07) is 15.6. The number of rotatable bonds is 3. The second-order valence-corrected chi connectivity index (χ2v) is 6.44. The van der Waals surface area contributed by atoms with Crippen LogP contribution in [0.1, 0.15) is 17.5 Å². The summed E-state index contributed by atoms with van der Waals surface area (Å²) in [7, 11) is 0. The maximum absolute atomic E-state index is 12.1. The number of thioether (sulfide) groups is 1. The molecule has 108 valence electrons. The van der Waals surface area contributed by atoms with E-state index in [0.717, 1.165) is 27.5 Å². The summed E-state index contributed by atoms with van der Waals surface area (Å²) in [6.07, 6.45) is 0.567. The molecule has 0 saturated heterocycles. The van der Waals surface area contributed by atoms with Crippen LogP contribution in [0.15, 0.2) is 53.4 Å². The monoisotopic (exact) mass is 299 g/mol. The number of carboxylic acids is 1. The van der Waals surface area contributed by atoms with E-state index < -0.39 is 11.5 Å². The van der Waals surface area contributed by atoms with E-state index in [9.17, 15) is 9.90 Å². The van der Waals surface area contributed by atoms with Gasteiger partial charge in [0.1, 0.15) is 0 Å². The van der Waals surface area contributed by atoms with Crippen LogP contribution >= 0.6 is 11.8 Å². The number of anilines is 1. The molecule has 3 nitrogen and oxygen atoms in total. The van der Waals surface area contributed by atoms with Gasteiger partial charge in [-0.05, 0) is 37.1 Å². The molecule has 0 bridgehead atoms. The zero-order chi connectivity index (χ0) is 14.9. The molecule has 2 N–H and O–H groups in total. The topological polar surface area (TPSA) is 49.3 Å². The Morgan fingerprint density at radius 3 is 2.81 bits per heavy atom. The van der Waals surface area contributed by atoms with Gasteiger partial charge >= 0.3 is 5.97 Å². The largest absolute Gasteiger partial charge is 0.479 e. The van der Waals surface area contributed by atoms with Gasteiger partial charge in [0, 0.05) is 21.9 Å². The maximum atomic E-state index is 12.1. The highest BCUT2D eigenvalue weighted by Crippen LogP contribution is 2.42. The second kappa shape index (κ2) is 5.45. The minimum Gasteiger partial charge on any atom is -0.479 e. The molecule has 1 atom stereocenters. The first-order valence-electron chi connectivity index (χ1n) is 6.92. The third-order valence-electron chi connectivity index (χ3n) is 3.82. The summed E-state index contributed by atoms with van der Waals surface area (Å²) in [4.78, 5) is 13.1. The lowest BCUT2D eigenvalue weighted by atomic mass is 9.86. The van der Waals surface area contributed by atoms with Gasteiger partial charge in [-0.25, -0.2) is 4.79 Å². The lowest BCUT2D eigenvalue weighted by Crippen LogP contribution is -2.45. The molecule has 1 aliphatic rings. The normalized spacial score (nSPS) is 20.6. The lowest BCUT2D eigenvalue weighted by Gasteiger charge is -2.36. The summed E-state index contributed by atoms with van der Waals surface area (Å²) in [6.45, 7) is 2.00. The minimum absolute atomic E-state index is 0.567. The second-order valence-electron chi connectivity index (χ2n) is 5.30. The number of hydrogen-bond donors (Lipinski definition) is 2. The molecule has 4 heteroatoms. The molecule has 0 amide bonds. The van der Waals surface area contributed by atoms with Gasteiger partial charge in [-0.3, -0.25) is 0 Å². The van der Waals surface area contributed by atoms with Crippen molar-refractivity contribution in [2.24, 2.45) is 0 Å². The first-order chi connectivity index (χ1) is 10.1. The van der Waals surface area contributed by atoms with Crippen molar-refractivity contribution < 1.29 is 9.90 Å². The highest BCUT2D eigenvalue weighted by atomic mass is 32.2. The van der Waals surface area contributed by atoms with Gasteiger partial charge in [0.25, 0.3) is 0 Å². The molecule has 2 aromatic carbocycles. The Kier molecular flexibility index (Phi) is 3.64. The Hall–Kier alpha value is -1.94. The Morgan fingerprint density at radius 2 is 2.05 bits per heavy atom. The minimum atomic E-state index is -1.05. The number of hydrogen-bond acceptors (Lipinski definition) is 3. The number of aryl methyl sites for hydroxylation is 1. The van der Waals surface area contributed by atoms with Crippen molar-refractivity contribution in [3.05, 3.63) is 59.7 Å². The Balaban J connectivity index is 2.08. The number of benzene rings is 2. The first kappa shape index (κ1) is 14.0. The van der Waals surface area contributed by atoms with E-state index in [4.69, 9.17) is 0 Å². The summed E-state index contributed by atoms with van der Waals surface area (Å²) in [5.41, 5.74) is 1.77. The van der Waals surface area contributed by atoms with Gasteiger partial charge < -0.3 is 10.4 Å². The van der Waals surface area contributed by atoms with Gasteiger partial charge in [-0.15, -0.1) is 11.8 Å². The predicted octanol–water partition coefficient (Wildman–Crippen LogP) is 3.88. The van der Waals surface area contributed by atoms with E-state index in [1.807, 2.05) is 55.5 Å². The fourth-order valence-electron chi connectivity index (χ4n) is 2.77. The molecule has 0 radical (unpaired) electrons. The summed E-state index contributed by atoms with van der Waals surface area (Å²) >= 11 is 1.72. The van der Waals surface area contributed by atoms with E-state index in [1.54, 1.807) is 11.8 Å². The molecular weight excluding hydrogens is 282 g/mol. The molecule has 1 unspecified atom stereocenters. The molecule has 0 fully saturated rings. The third kappa shape index (κ3) is 2.51. The highest BCUT2D eigenvalue weighted by Gasteiger charge is 2.44. The van der Waals surface area contributed by atoms with Gasteiger partial charge in [0.15, 0.2) is 5.54 Å². The van der Waals surface area contributed by atoms with E-state index in [2.05, 4.69) is 5.32 Å². The molecule has 0 saturated carbocycles. The summed E-state index contributed by atoms with van der Waals surface area (Å²) in [5.74, 6) is -0.0287. The number of carbonyl (C=O) groups is 1. The fourth-order valence-corrected chi connectivity index (χ4v) is 3.97. The van der Waals surface area contributed by atoms with E-state index in [1.165, 1.54) is 0 Å². The zero-order valence-electron chi connectivity index (χ0n) is 11.8. The van der Waals surface area contributed by atoms with Crippen LogP contribution in [0.5, 0.6) is 0 Å². The average molecular weight is 299 g/mol. The number of carboxylic acid groups (broad SMARTS) is 1. The van der Waals surface area contributed by atoms with Crippen molar-refractivity contribution in [2.45, 2.75) is 23.8 Å². The standard InChI is InChI=1S/C17H17NO2S/c1-12-5-4-6-13(11-12)18-17(16(19)20)9-10-21-15-8-3-2-7-14(15)17/h2-8,11,18H,9-10H2,1H3,(H,19,20). The van der Waals surface area contributed by atoms with Gasteiger partial charge in [-0.2, -0.15) is 0 Å². The number of aliphatic carboxylic acids is 1. The number of fused-ring (bicyclic) bond motifs is 1. The van der Waals surface area contributed by atoms with Crippen LogP contribution < -0.4 is 5.32 Å². The zero-order valence-corrected chi connectivity index (χ0v) is 12.6. The average Bonchev–Trinajstić information content (AvgIpc) is 2.47. The van der Waals surface area contributed by atoms with Crippen LogP contribution in [0.25, 0.3) is 0 Å². The van der Waals surface area contributed by atoms with Crippen LogP contribution in [0.3, 0.4) is 0 Å². The SMILES string of the molecule is Cc1cccc(NC2(C(=O)O)CCSc3ccccc32)c1. The van der Waals surface area contributed by atoms with Crippen LogP contribution in [-0.2, 0) is 10.3 Å². The van der Waals surface area contributed by atoms with Crippen molar-refractivity contribution in [2.75, 3.05) is 11.1 Å². The Bertz CT molecular complexity index is 686. The predicted molar refractivity (Wildman–Crippen MR) is 85.9 cm³/mol. The van der Waals surface area contributed by atoms with Crippen LogP contribution in [0.2, 0.25) is 0 Å². The van der Waals surface area contributed by atoms with E-state index in [0.29, 0.717) is 6.42 Å². The van der Waals surface area contributed by atoms with Crippen molar-refractivity contribution in [3.8, 4) is 0 Å². The maximum Gasteiger partial charge on any atom is 0.334 e. The van der Waals surface area contributed by atoms with E-state index in [-0.39, 0.29) is 0 Å². The molecule has 0 spiro atoms. The van der Waals surface area contributed by atoms with Crippen molar-refractivity contribution in [1.29, 1.82) is 0 Å². The Morgan fingerprint density at radius 1 is 1.24 bits per heavy atom. The fraction of sp³-hybridized carbons (Fsp3) is 0.235. The van der Waals surface area contributed by atoms with Gasteiger partial charge in [0.05, 0.1) is 0 Å². The molecular formula is C17H17NO2S. The molecule has 1 heterocycles. The molecule has 2 aromatic rings. The van der Waals surface area contributed by atoms with E-state index >= 15 is 0 Å². The van der Waals surface area contributed by atoms with Gasteiger partial charge in [-0.1, -0.05) is 30.3 Å². The van der Waals surface area contributed by atoms with Crippen molar-refractivity contribution >= 4 is 23.4 Å². The van der Waals surface area contributed by atoms with Crippen LogP contribution in [0.4, 0.5) is 5.69 Å². The third-order valence-corrected chi connectivity index (χ3v) is 4.90. The first-order valence-corrected chi connectivity index (χ1v) is 7.91. The number of nitrogens with one attached hydrogen (secondary N) is 1. The van der Waals surface area contributed by atoms with Crippen LogP contribution in [0, 0.1) is 6.92 Å². The van der Waals surface area contributed by atoms with Gasteiger partial charge in [0.2, 0.25) is 0 Å². The molecule has 1 aliphatic heterocycles. The summed E-state index contributed by atoms with van der Waals surface area (Å²) in [5, 5.41) is 13.2. The Labute approximate surface area is 128 Å². The summed E-state index contributed by atoms with van der Waals surface area (Å²) < 4.78 is 0. The highest BCUT2D eigenvalue weighted by molar-refractivity contribution is 7.99. The molecule has 3 rings (SSSR count). The lowest BCUT2D eigenvalue weighted by molar-refractivity contribution is -0.143. The quantitative estimate of drug-likeness (QED) is 0.903. The molecule has 21 heavy (non-hydrogen) atoms. The van der Waals surface area contributed by atoms with Crippen molar-refractivity contribution in [3.63, 3.8) is 0 Å². The van der Waals surface area contributed by atoms with Crippen molar-refractivity contribution in [1.82, 2.24) is 0 Å². The molecule has 0 aromatic heterocycles.